The molecule has 28 heavy (non-hydrogen) atoms. The zero-order valence-electron chi connectivity index (χ0n) is 15.3. The van der Waals surface area contributed by atoms with Crippen molar-refractivity contribution in [1.82, 2.24) is 5.43 Å². The Morgan fingerprint density at radius 1 is 1.14 bits per heavy atom. The molecule has 2 amide bonds. The first kappa shape index (κ1) is 21.2. The van der Waals surface area contributed by atoms with Gasteiger partial charge in [-0.25, -0.2) is 5.43 Å². The van der Waals surface area contributed by atoms with E-state index < -0.39 is 11.8 Å². The van der Waals surface area contributed by atoms with Crippen molar-refractivity contribution < 1.29 is 19.1 Å². The van der Waals surface area contributed by atoms with Crippen LogP contribution in [-0.4, -0.2) is 31.2 Å². The van der Waals surface area contributed by atoms with Gasteiger partial charge in [0.25, 0.3) is 0 Å². The molecule has 0 aromatic heterocycles. The van der Waals surface area contributed by atoms with Gasteiger partial charge in [0.15, 0.2) is 0 Å². The van der Waals surface area contributed by atoms with Crippen LogP contribution in [0.25, 0.3) is 0 Å². The molecular weight excluding hydrogens is 426 g/mol. The van der Waals surface area contributed by atoms with Crippen LogP contribution in [0.3, 0.4) is 0 Å². The van der Waals surface area contributed by atoms with Crippen LogP contribution >= 0.6 is 15.9 Å². The molecule has 146 valence electrons. The Bertz CT molecular complexity index is 866. The Balaban J connectivity index is 1.94. The van der Waals surface area contributed by atoms with Gasteiger partial charge in [0.2, 0.25) is 0 Å². The molecule has 0 aliphatic carbocycles. The number of halogens is 1. The number of anilines is 1. The summed E-state index contributed by atoms with van der Waals surface area (Å²) in [6, 6.07) is 12.0. The molecular formula is C20H20BrN3O4. The highest BCUT2D eigenvalue weighted by Gasteiger charge is 2.13. The van der Waals surface area contributed by atoms with Gasteiger partial charge in [-0.15, -0.1) is 0 Å². The first-order chi connectivity index (χ1) is 13.5. The van der Waals surface area contributed by atoms with Gasteiger partial charge < -0.3 is 14.8 Å². The minimum atomic E-state index is -0.895. The second-order valence-corrected chi connectivity index (χ2v) is 6.31. The molecule has 2 rings (SSSR count). The van der Waals surface area contributed by atoms with Crippen molar-refractivity contribution in [3.8, 4) is 11.5 Å². The zero-order valence-corrected chi connectivity index (χ0v) is 16.9. The predicted octanol–water partition coefficient (Wildman–Crippen LogP) is 3.50. The third-order valence-corrected chi connectivity index (χ3v) is 3.82. The van der Waals surface area contributed by atoms with E-state index in [1.54, 1.807) is 42.5 Å². The topological polar surface area (TPSA) is 89.0 Å². The molecule has 0 radical (unpaired) electrons. The van der Waals surface area contributed by atoms with Crippen LogP contribution in [-0.2, 0) is 9.59 Å². The van der Waals surface area contributed by atoms with E-state index in [-0.39, 0.29) is 0 Å². The summed E-state index contributed by atoms with van der Waals surface area (Å²) in [6.07, 6.45) is 3.02. The third kappa shape index (κ3) is 6.55. The molecule has 8 heteroatoms. The van der Waals surface area contributed by atoms with Crippen molar-refractivity contribution in [2.24, 2.45) is 5.10 Å². The van der Waals surface area contributed by atoms with Crippen molar-refractivity contribution in [1.29, 1.82) is 0 Å². The van der Waals surface area contributed by atoms with Crippen LogP contribution < -0.4 is 20.2 Å². The first-order valence-corrected chi connectivity index (χ1v) is 9.23. The van der Waals surface area contributed by atoms with Gasteiger partial charge in [-0.1, -0.05) is 28.6 Å². The summed E-state index contributed by atoms with van der Waals surface area (Å²) >= 11 is 3.36. The number of nitrogens with one attached hydrogen (secondary N) is 2. The van der Waals surface area contributed by atoms with Gasteiger partial charge in [-0.05, 0) is 49.4 Å². The maximum Gasteiger partial charge on any atom is 0.329 e. The van der Waals surface area contributed by atoms with E-state index in [9.17, 15) is 9.59 Å². The summed E-state index contributed by atoms with van der Waals surface area (Å²) in [5.74, 6) is -0.481. The molecule has 0 unspecified atom stereocenters. The van der Waals surface area contributed by atoms with E-state index >= 15 is 0 Å². The Hall–Kier alpha value is -3.13. The van der Waals surface area contributed by atoms with Gasteiger partial charge in [-0.3, -0.25) is 9.59 Å². The molecule has 0 fully saturated rings. The second kappa shape index (κ2) is 10.9. The molecule has 0 spiro atoms. The Kier molecular flexibility index (Phi) is 8.23. The standard InChI is InChI=1S/C20H20BrN3O4/c1-3-11-28-18-10-5-15(21)12-14(18)13-22-24-20(26)19(25)23-16-6-8-17(9-7-16)27-4-2/h3,5-10,12-13H,1,4,11H2,2H3,(H,23,25)(H,24,26)/b22-13-. The maximum atomic E-state index is 12.0. The number of hydrazone groups is 1. The normalized spacial score (nSPS) is 10.4. The van der Waals surface area contributed by atoms with Crippen LogP contribution in [0.1, 0.15) is 12.5 Å². The highest BCUT2D eigenvalue weighted by Crippen LogP contribution is 2.21. The lowest BCUT2D eigenvalue weighted by molar-refractivity contribution is -0.136. The van der Waals surface area contributed by atoms with Crippen LogP contribution in [0.5, 0.6) is 11.5 Å². The number of benzene rings is 2. The average Bonchev–Trinajstić information content (AvgIpc) is 2.69. The van der Waals surface area contributed by atoms with E-state index in [2.05, 4.69) is 38.4 Å². The number of hydrogen-bond donors (Lipinski definition) is 2. The summed E-state index contributed by atoms with van der Waals surface area (Å²) in [5.41, 5.74) is 3.29. The fourth-order valence-corrected chi connectivity index (χ4v) is 2.48. The lowest BCUT2D eigenvalue weighted by Gasteiger charge is -2.08. The molecule has 7 nitrogen and oxygen atoms in total. The minimum Gasteiger partial charge on any atom is -0.494 e. The Labute approximate surface area is 171 Å². The number of carbonyl (C=O) groups excluding carboxylic acids is 2. The highest BCUT2D eigenvalue weighted by molar-refractivity contribution is 9.10. The predicted molar refractivity (Wildman–Crippen MR) is 112 cm³/mol. The quantitative estimate of drug-likeness (QED) is 0.281. The van der Waals surface area contributed by atoms with Crippen LogP contribution in [0, 0.1) is 0 Å². The van der Waals surface area contributed by atoms with Crippen LogP contribution in [0.4, 0.5) is 5.69 Å². The molecule has 0 bridgehead atoms. The van der Waals surface area contributed by atoms with Gasteiger partial charge in [0.05, 0.1) is 12.8 Å². The van der Waals surface area contributed by atoms with Gasteiger partial charge in [0, 0.05) is 15.7 Å². The zero-order chi connectivity index (χ0) is 20.4. The third-order valence-electron chi connectivity index (χ3n) is 3.33. The van der Waals surface area contributed by atoms with E-state index in [1.165, 1.54) is 6.21 Å². The SMILES string of the molecule is C=CCOc1ccc(Br)cc1/C=N\NC(=O)C(=O)Nc1ccc(OCC)cc1. The Morgan fingerprint density at radius 3 is 2.57 bits per heavy atom. The molecule has 2 aromatic rings. The highest BCUT2D eigenvalue weighted by atomic mass is 79.9. The molecule has 2 N–H and O–H groups in total. The summed E-state index contributed by atoms with van der Waals surface area (Å²) in [5, 5.41) is 6.30. The fourth-order valence-electron chi connectivity index (χ4n) is 2.10. The van der Waals surface area contributed by atoms with Gasteiger partial charge >= 0.3 is 11.8 Å². The number of ether oxygens (including phenoxy) is 2. The number of amides is 2. The molecule has 2 aromatic carbocycles. The van der Waals surface area contributed by atoms with Crippen molar-refractivity contribution in [2.45, 2.75) is 6.92 Å². The largest absolute Gasteiger partial charge is 0.494 e. The fraction of sp³-hybridized carbons (Fsp3) is 0.150. The van der Waals surface area contributed by atoms with Crippen molar-refractivity contribution in [2.75, 3.05) is 18.5 Å². The van der Waals surface area contributed by atoms with E-state index in [4.69, 9.17) is 9.47 Å². The smallest absolute Gasteiger partial charge is 0.329 e. The monoisotopic (exact) mass is 445 g/mol. The van der Waals surface area contributed by atoms with E-state index in [0.29, 0.717) is 36.0 Å². The first-order valence-electron chi connectivity index (χ1n) is 8.44. The number of nitrogens with zero attached hydrogens (tertiary/aromatic N) is 1. The number of rotatable bonds is 8. The van der Waals surface area contributed by atoms with Crippen molar-refractivity contribution in [3.05, 3.63) is 65.2 Å². The number of carbonyl (C=O) groups is 2. The average molecular weight is 446 g/mol. The van der Waals surface area contributed by atoms with E-state index in [0.717, 1.165) is 4.47 Å². The Morgan fingerprint density at radius 2 is 1.89 bits per heavy atom. The molecule has 0 heterocycles. The maximum absolute atomic E-state index is 12.0. The number of hydrogen-bond acceptors (Lipinski definition) is 5. The molecule has 0 atom stereocenters. The van der Waals surface area contributed by atoms with E-state index in [1.807, 2.05) is 13.0 Å². The van der Waals surface area contributed by atoms with Crippen molar-refractivity contribution in [3.63, 3.8) is 0 Å². The summed E-state index contributed by atoms with van der Waals surface area (Å²) < 4.78 is 11.7. The summed E-state index contributed by atoms with van der Waals surface area (Å²) in [7, 11) is 0. The molecule has 0 saturated heterocycles. The van der Waals surface area contributed by atoms with Crippen LogP contribution in [0.2, 0.25) is 0 Å². The molecule has 0 aliphatic rings. The van der Waals surface area contributed by atoms with Gasteiger partial charge in [0.1, 0.15) is 18.1 Å². The summed E-state index contributed by atoms with van der Waals surface area (Å²) in [4.78, 5) is 23.9. The molecule has 0 saturated carbocycles. The minimum absolute atomic E-state index is 0.333. The summed E-state index contributed by atoms with van der Waals surface area (Å²) in [6.45, 7) is 6.36. The lowest BCUT2D eigenvalue weighted by Crippen LogP contribution is -2.32. The lowest BCUT2D eigenvalue weighted by atomic mass is 10.2. The van der Waals surface area contributed by atoms with Crippen LogP contribution in [0.15, 0.2) is 64.7 Å². The second-order valence-electron chi connectivity index (χ2n) is 5.39. The molecule has 0 aliphatic heterocycles. The van der Waals surface area contributed by atoms with Gasteiger partial charge in [-0.2, -0.15) is 5.10 Å². The van der Waals surface area contributed by atoms with Crippen molar-refractivity contribution >= 4 is 39.6 Å².